The van der Waals surface area contributed by atoms with Crippen LogP contribution in [0.5, 0.6) is 11.5 Å². The first-order chi connectivity index (χ1) is 18.4. The van der Waals surface area contributed by atoms with Gasteiger partial charge < -0.3 is 15.4 Å². The van der Waals surface area contributed by atoms with Gasteiger partial charge in [0, 0.05) is 47.9 Å². The molecular weight excluding hydrogens is 492 g/mol. The van der Waals surface area contributed by atoms with Crippen molar-refractivity contribution in [2.45, 2.75) is 19.9 Å². The number of amides is 2. The molecule has 0 spiro atoms. The number of rotatable bonds is 7. The molecule has 3 heterocycles. The van der Waals surface area contributed by atoms with E-state index in [0.29, 0.717) is 28.4 Å². The lowest BCUT2D eigenvalue weighted by molar-refractivity contribution is 0.262. The first-order valence-corrected chi connectivity index (χ1v) is 11.7. The first kappa shape index (κ1) is 24.6. The lowest BCUT2D eigenvalue weighted by Gasteiger charge is -2.11. The third kappa shape index (κ3) is 5.51. The number of urea groups is 1. The van der Waals surface area contributed by atoms with E-state index in [0.717, 1.165) is 5.56 Å². The molecule has 0 bridgehead atoms. The zero-order chi connectivity index (χ0) is 26.6. The number of hydrogen-bond acceptors (Lipinski definition) is 5. The third-order valence-corrected chi connectivity index (χ3v) is 5.58. The van der Waals surface area contributed by atoms with Gasteiger partial charge in [-0.3, -0.25) is 14.8 Å². The third-order valence-electron chi connectivity index (χ3n) is 5.58. The summed E-state index contributed by atoms with van der Waals surface area (Å²) in [5.41, 5.74) is 2.88. The van der Waals surface area contributed by atoms with E-state index in [1.165, 1.54) is 30.3 Å². The Bertz CT molecular complexity index is 1570. The van der Waals surface area contributed by atoms with Gasteiger partial charge in [-0.05, 0) is 56.3 Å². The maximum atomic E-state index is 14.8. The molecule has 0 aliphatic heterocycles. The number of aromatic amines is 1. The number of H-pyrrole nitrogens is 1. The first-order valence-electron chi connectivity index (χ1n) is 11.7. The van der Waals surface area contributed by atoms with E-state index >= 15 is 0 Å². The molecule has 0 radical (unpaired) electrons. The van der Waals surface area contributed by atoms with Gasteiger partial charge in [0.15, 0.2) is 0 Å². The number of carbonyl (C=O) groups is 1. The molecule has 9 nitrogen and oxygen atoms in total. The van der Waals surface area contributed by atoms with Crippen molar-refractivity contribution in [3.05, 3.63) is 91.0 Å². The molecule has 0 unspecified atom stereocenters. The van der Waals surface area contributed by atoms with Crippen LogP contribution in [-0.2, 0) is 0 Å². The summed E-state index contributed by atoms with van der Waals surface area (Å²) in [5, 5.41) is 16.4. The molecule has 0 fully saturated rings. The number of hydrogen-bond donors (Lipinski definition) is 3. The summed E-state index contributed by atoms with van der Waals surface area (Å²) in [6, 6.07) is 12.6. The molecule has 2 aromatic carbocycles. The highest BCUT2D eigenvalue weighted by atomic mass is 19.1. The van der Waals surface area contributed by atoms with Crippen LogP contribution >= 0.6 is 0 Å². The van der Waals surface area contributed by atoms with Gasteiger partial charge in [-0.2, -0.15) is 10.2 Å². The van der Waals surface area contributed by atoms with Crippen molar-refractivity contribution in [3.8, 4) is 34.0 Å². The summed E-state index contributed by atoms with van der Waals surface area (Å²) in [6.07, 6.45) is 6.58. The molecule has 3 aromatic heterocycles. The molecule has 38 heavy (non-hydrogen) atoms. The Morgan fingerprint density at radius 2 is 1.74 bits per heavy atom. The second-order valence-corrected chi connectivity index (χ2v) is 8.66. The van der Waals surface area contributed by atoms with Gasteiger partial charge in [-0.15, -0.1) is 0 Å². The minimum Gasteiger partial charge on any atom is -0.457 e. The highest BCUT2D eigenvalue weighted by molar-refractivity contribution is 6.02. The van der Waals surface area contributed by atoms with Crippen LogP contribution in [-0.4, -0.2) is 31.0 Å². The molecule has 0 atom stereocenters. The maximum absolute atomic E-state index is 14.8. The minimum atomic E-state index is -0.682. The summed E-state index contributed by atoms with van der Waals surface area (Å²) in [7, 11) is 0. The van der Waals surface area contributed by atoms with Gasteiger partial charge in [-0.1, -0.05) is 0 Å². The number of benzene rings is 2. The molecule has 2 amide bonds. The lowest BCUT2D eigenvalue weighted by Crippen LogP contribution is -2.20. The zero-order valence-corrected chi connectivity index (χ0v) is 20.4. The summed E-state index contributed by atoms with van der Waals surface area (Å²) >= 11 is 0. The van der Waals surface area contributed by atoms with Gasteiger partial charge in [0.25, 0.3) is 0 Å². The van der Waals surface area contributed by atoms with Crippen LogP contribution < -0.4 is 15.4 Å². The predicted octanol–water partition coefficient (Wildman–Crippen LogP) is 6.63. The number of carbonyl (C=O) groups excluding carboxylic acids is 1. The summed E-state index contributed by atoms with van der Waals surface area (Å²) < 4.78 is 35.7. The molecule has 5 rings (SSSR count). The minimum absolute atomic E-state index is 0.0222. The number of nitrogens with zero attached hydrogens (tertiary/aromatic N) is 4. The Balaban J connectivity index is 1.29. The molecule has 0 aliphatic rings. The monoisotopic (exact) mass is 515 g/mol. The summed E-state index contributed by atoms with van der Waals surface area (Å²) in [5.74, 6) is -0.355. The number of halogens is 2. The van der Waals surface area contributed by atoms with Gasteiger partial charge in [0.2, 0.25) is 0 Å². The summed E-state index contributed by atoms with van der Waals surface area (Å²) in [6.45, 7) is 3.88. The van der Waals surface area contributed by atoms with Crippen molar-refractivity contribution in [3.63, 3.8) is 0 Å². The van der Waals surface area contributed by atoms with E-state index in [9.17, 15) is 13.6 Å². The van der Waals surface area contributed by atoms with Gasteiger partial charge in [-0.25, -0.2) is 13.6 Å². The molecule has 0 aliphatic carbocycles. The SMILES string of the molecule is CC(C)n1cc(NC(=O)Nc2ccc(Oc3ccnc(-c4cn[nH]c4)c3)cc2F)c(-c2ccc(F)cc2)n1. The van der Waals surface area contributed by atoms with Gasteiger partial charge in [0.05, 0.1) is 23.3 Å². The van der Waals surface area contributed by atoms with E-state index in [-0.39, 0.29) is 23.3 Å². The van der Waals surface area contributed by atoms with E-state index in [1.54, 1.807) is 53.7 Å². The number of aromatic nitrogens is 5. The Morgan fingerprint density at radius 1 is 0.974 bits per heavy atom. The summed E-state index contributed by atoms with van der Waals surface area (Å²) in [4.78, 5) is 17.0. The Kier molecular flexibility index (Phi) is 6.81. The molecular formula is C27H23F2N7O2. The van der Waals surface area contributed by atoms with Crippen molar-refractivity contribution >= 4 is 17.4 Å². The second-order valence-electron chi connectivity index (χ2n) is 8.66. The molecule has 5 aromatic rings. The normalized spacial score (nSPS) is 11.0. The highest BCUT2D eigenvalue weighted by Crippen LogP contribution is 2.30. The second kappa shape index (κ2) is 10.5. The molecule has 0 saturated carbocycles. The smallest absolute Gasteiger partial charge is 0.323 e. The van der Waals surface area contributed by atoms with Crippen LogP contribution in [0.4, 0.5) is 25.0 Å². The van der Waals surface area contributed by atoms with Crippen molar-refractivity contribution in [2.24, 2.45) is 0 Å². The number of pyridine rings is 1. The molecule has 11 heteroatoms. The number of ether oxygens (including phenoxy) is 1. The van der Waals surface area contributed by atoms with E-state index in [2.05, 4.69) is 30.9 Å². The average molecular weight is 516 g/mol. The Morgan fingerprint density at radius 3 is 2.45 bits per heavy atom. The van der Waals surface area contributed by atoms with Crippen LogP contribution in [0.2, 0.25) is 0 Å². The number of nitrogens with one attached hydrogen (secondary N) is 3. The van der Waals surface area contributed by atoms with E-state index in [4.69, 9.17) is 4.74 Å². The largest absolute Gasteiger partial charge is 0.457 e. The van der Waals surface area contributed by atoms with Gasteiger partial charge >= 0.3 is 6.03 Å². The van der Waals surface area contributed by atoms with Crippen LogP contribution in [0, 0.1) is 11.6 Å². The molecule has 3 N–H and O–H groups in total. The topological polar surface area (TPSA) is 110 Å². The fourth-order valence-electron chi connectivity index (χ4n) is 3.66. The Labute approximate surface area is 216 Å². The lowest BCUT2D eigenvalue weighted by atomic mass is 10.1. The van der Waals surface area contributed by atoms with Crippen LogP contribution in [0.15, 0.2) is 79.4 Å². The average Bonchev–Trinajstić information content (AvgIpc) is 3.57. The van der Waals surface area contributed by atoms with E-state index < -0.39 is 11.8 Å². The quantitative estimate of drug-likeness (QED) is 0.225. The van der Waals surface area contributed by atoms with Crippen molar-refractivity contribution in [1.29, 1.82) is 0 Å². The molecule has 192 valence electrons. The Hall–Kier alpha value is -5.06. The van der Waals surface area contributed by atoms with Crippen molar-refractivity contribution in [2.75, 3.05) is 10.6 Å². The van der Waals surface area contributed by atoms with Crippen LogP contribution in [0.3, 0.4) is 0 Å². The highest BCUT2D eigenvalue weighted by Gasteiger charge is 2.17. The fourth-order valence-corrected chi connectivity index (χ4v) is 3.66. The number of anilines is 2. The maximum Gasteiger partial charge on any atom is 0.323 e. The van der Waals surface area contributed by atoms with Crippen molar-refractivity contribution < 1.29 is 18.3 Å². The predicted molar refractivity (Wildman–Crippen MR) is 139 cm³/mol. The standard InChI is InChI=1S/C27H23F2N7O2/c1-16(2)36-15-25(26(35-36)17-3-5-19(28)6-4-17)34-27(37)33-23-8-7-20(11-22(23)29)38-21-9-10-30-24(12-21)18-13-31-32-14-18/h3-16H,1-2H3,(H,31,32)(H2,33,34,37). The van der Waals surface area contributed by atoms with Crippen molar-refractivity contribution in [1.82, 2.24) is 25.0 Å². The fraction of sp³-hybridized carbons (Fsp3) is 0.111. The van der Waals surface area contributed by atoms with Crippen LogP contribution in [0.1, 0.15) is 19.9 Å². The van der Waals surface area contributed by atoms with E-state index in [1.807, 2.05) is 13.8 Å². The molecule has 0 saturated heterocycles. The zero-order valence-electron chi connectivity index (χ0n) is 20.4. The van der Waals surface area contributed by atoms with Gasteiger partial charge in [0.1, 0.15) is 28.8 Å². The van der Waals surface area contributed by atoms with Crippen LogP contribution in [0.25, 0.3) is 22.5 Å².